The van der Waals surface area contributed by atoms with Crippen LogP contribution >= 0.6 is 0 Å². The highest BCUT2D eigenvalue weighted by Crippen LogP contribution is 2.32. The molecule has 20 heavy (non-hydrogen) atoms. The second-order valence-electron chi connectivity index (χ2n) is 5.82. The molecule has 1 unspecified atom stereocenters. The van der Waals surface area contributed by atoms with E-state index in [0.717, 1.165) is 52.2 Å². The normalized spacial score (nSPS) is 22.3. The van der Waals surface area contributed by atoms with E-state index in [1.807, 2.05) is 0 Å². The van der Waals surface area contributed by atoms with Gasteiger partial charge in [0.05, 0.1) is 13.2 Å². The van der Waals surface area contributed by atoms with E-state index in [-0.39, 0.29) is 5.41 Å². The lowest BCUT2D eigenvalue weighted by Crippen LogP contribution is -2.38. The summed E-state index contributed by atoms with van der Waals surface area (Å²) < 4.78 is 10.8. The molecule has 3 heteroatoms. The van der Waals surface area contributed by atoms with Gasteiger partial charge in [0.1, 0.15) is 0 Å². The van der Waals surface area contributed by atoms with E-state index in [1.165, 1.54) is 11.1 Å². The SMILES string of the molecule is CCc1ccc(CC2(CNCCOC)CCOC2)cc1. The van der Waals surface area contributed by atoms with Crippen LogP contribution in [0.1, 0.15) is 24.5 Å². The predicted octanol–water partition coefficient (Wildman–Crippen LogP) is 2.43. The minimum atomic E-state index is 0.251. The van der Waals surface area contributed by atoms with Gasteiger partial charge in [-0.25, -0.2) is 0 Å². The molecule has 0 saturated carbocycles. The van der Waals surface area contributed by atoms with Gasteiger partial charge in [0.2, 0.25) is 0 Å². The molecule has 1 aromatic rings. The molecule has 1 aromatic carbocycles. The monoisotopic (exact) mass is 277 g/mol. The van der Waals surface area contributed by atoms with Crippen LogP contribution in [0.3, 0.4) is 0 Å². The second-order valence-corrected chi connectivity index (χ2v) is 5.82. The minimum absolute atomic E-state index is 0.251. The van der Waals surface area contributed by atoms with E-state index in [4.69, 9.17) is 9.47 Å². The topological polar surface area (TPSA) is 30.5 Å². The molecule has 1 fully saturated rings. The lowest BCUT2D eigenvalue weighted by molar-refractivity contribution is 0.145. The molecule has 1 heterocycles. The number of hydrogen-bond donors (Lipinski definition) is 1. The molecule has 1 N–H and O–H groups in total. The molecule has 1 aliphatic heterocycles. The van der Waals surface area contributed by atoms with E-state index in [0.29, 0.717) is 0 Å². The van der Waals surface area contributed by atoms with Gasteiger partial charge in [0.25, 0.3) is 0 Å². The molecular formula is C17H27NO2. The first-order chi connectivity index (χ1) is 9.78. The largest absolute Gasteiger partial charge is 0.383 e. The van der Waals surface area contributed by atoms with E-state index >= 15 is 0 Å². The third-order valence-electron chi connectivity index (χ3n) is 4.18. The zero-order chi connectivity index (χ0) is 14.3. The Balaban J connectivity index is 1.93. The Labute approximate surface area is 122 Å². The average molecular weight is 277 g/mol. The third kappa shape index (κ3) is 4.30. The Morgan fingerprint density at radius 1 is 1.25 bits per heavy atom. The first kappa shape index (κ1) is 15.5. The first-order valence-corrected chi connectivity index (χ1v) is 7.63. The maximum absolute atomic E-state index is 5.66. The van der Waals surface area contributed by atoms with Crippen LogP contribution in [-0.2, 0) is 22.3 Å². The summed E-state index contributed by atoms with van der Waals surface area (Å²) >= 11 is 0. The summed E-state index contributed by atoms with van der Waals surface area (Å²) in [6.07, 6.45) is 3.34. The number of ether oxygens (including phenoxy) is 2. The van der Waals surface area contributed by atoms with Gasteiger partial charge in [-0.2, -0.15) is 0 Å². The van der Waals surface area contributed by atoms with Crippen molar-refractivity contribution in [1.29, 1.82) is 0 Å². The standard InChI is InChI=1S/C17H27NO2/c1-3-15-4-6-16(7-5-15)12-17(8-10-20-14-17)13-18-9-11-19-2/h4-7,18H,3,8-14H2,1-2H3. The van der Waals surface area contributed by atoms with E-state index in [2.05, 4.69) is 36.5 Å². The Kier molecular flexibility index (Phi) is 6.02. The van der Waals surface area contributed by atoms with Crippen LogP contribution in [0, 0.1) is 5.41 Å². The Hall–Kier alpha value is -0.900. The van der Waals surface area contributed by atoms with Crippen molar-refractivity contribution >= 4 is 0 Å². The fourth-order valence-electron chi connectivity index (χ4n) is 2.84. The second kappa shape index (κ2) is 7.77. The quantitative estimate of drug-likeness (QED) is 0.740. The van der Waals surface area contributed by atoms with Crippen LogP contribution < -0.4 is 5.32 Å². The third-order valence-corrected chi connectivity index (χ3v) is 4.18. The van der Waals surface area contributed by atoms with Gasteiger partial charge in [0, 0.05) is 32.2 Å². The molecule has 0 aliphatic carbocycles. The lowest BCUT2D eigenvalue weighted by Gasteiger charge is -2.28. The smallest absolute Gasteiger partial charge is 0.0587 e. The number of methoxy groups -OCH3 is 1. The molecular weight excluding hydrogens is 250 g/mol. The molecule has 2 rings (SSSR count). The predicted molar refractivity (Wildman–Crippen MR) is 82.1 cm³/mol. The van der Waals surface area contributed by atoms with Crippen LogP contribution in [0.4, 0.5) is 0 Å². The summed E-state index contributed by atoms with van der Waals surface area (Å²) in [7, 11) is 1.74. The van der Waals surface area contributed by atoms with Crippen molar-refractivity contribution in [3.8, 4) is 0 Å². The molecule has 0 amide bonds. The van der Waals surface area contributed by atoms with Gasteiger partial charge in [0.15, 0.2) is 0 Å². The average Bonchev–Trinajstić information content (AvgIpc) is 2.93. The van der Waals surface area contributed by atoms with Crippen molar-refractivity contribution in [2.45, 2.75) is 26.2 Å². The van der Waals surface area contributed by atoms with Crippen molar-refractivity contribution in [3.05, 3.63) is 35.4 Å². The summed E-state index contributed by atoms with van der Waals surface area (Å²) in [5, 5.41) is 3.51. The molecule has 1 atom stereocenters. The van der Waals surface area contributed by atoms with E-state index in [1.54, 1.807) is 7.11 Å². The van der Waals surface area contributed by atoms with Crippen molar-refractivity contribution in [3.63, 3.8) is 0 Å². The van der Waals surface area contributed by atoms with Gasteiger partial charge < -0.3 is 14.8 Å². The highest BCUT2D eigenvalue weighted by molar-refractivity contribution is 5.23. The molecule has 0 aromatic heterocycles. The molecule has 1 saturated heterocycles. The molecule has 0 spiro atoms. The van der Waals surface area contributed by atoms with Gasteiger partial charge in [-0.15, -0.1) is 0 Å². The van der Waals surface area contributed by atoms with E-state index < -0.39 is 0 Å². The lowest BCUT2D eigenvalue weighted by atomic mass is 9.80. The minimum Gasteiger partial charge on any atom is -0.383 e. The van der Waals surface area contributed by atoms with Gasteiger partial charge >= 0.3 is 0 Å². The van der Waals surface area contributed by atoms with Gasteiger partial charge in [-0.3, -0.25) is 0 Å². The van der Waals surface area contributed by atoms with Crippen LogP contribution in [0.25, 0.3) is 0 Å². The van der Waals surface area contributed by atoms with Crippen LogP contribution in [0.2, 0.25) is 0 Å². The van der Waals surface area contributed by atoms with Gasteiger partial charge in [-0.1, -0.05) is 31.2 Å². The van der Waals surface area contributed by atoms with Crippen LogP contribution in [0.15, 0.2) is 24.3 Å². The summed E-state index contributed by atoms with van der Waals surface area (Å²) in [5.74, 6) is 0. The highest BCUT2D eigenvalue weighted by Gasteiger charge is 2.34. The van der Waals surface area contributed by atoms with Crippen LogP contribution in [-0.4, -0.2) is 40.0 Å². The molecule has 0 radical (unpaired) electrons. The number of aryl methyl sites for hydroxylation is 1. The molecule has 3 nitrogen and oxygen atoms in total. The van der Waals surface area contributed by atoms with Crippen molar-refractivity contribution in [1.82, 2.24) is 5.32 Å². The fraction of sp³-hybridized carbons (Fsp3) is 0.647. The summed E-state index contributed by atoms with van der Waals surface area (Å²) in [6.45, 7) is 6.63. The summed E-state index contributed by atoms with van der Waals surface area (Å²) in [5.41, 5.74) is 3.08. The van der Waals surface area contributed by atoms with Crippen LogP contribution in [0.5, 0.6) is 0 Å². The first-order valence-electron chi connectivity index (χ1n) is 7.63. The van der Waals surface area contributed by atoms with E-state index in [9.17, 15) is 0 Å². The summed E-state index contributed by atoms with van der Waals surface area (Å²) in [4.78, 5) is 0. The Morgan fingerprint density at radius 3 is 2.60 bits per heavy atom. The fourth-order valence-corrected chi connectivity index (χ4v) is 2.84. The summed E-state index contributed by atoms with van der Waals surface area (Å²) in [6, 6.07) is 9.04. The maximum Gasteiger partial charge on any atom is 0.0587 e. The number of benzene rings is 1. The zero-order valence-corrected chi connectivity index (χ0v) is 12.8. The maximum atomic E-state index is 5.66. The number of hydrogen-bond acceptors (Lipinski definition) is 3. The number of rotatable bonds is 8. The van der Waals surface area contributed by atoms with Gasteiger partial charge in [-0.05, 0) is 30.4 Å². The Bertz CT molecular complexity index is 382. The number of nitrogens with one attached hydrogen (secondary N) is 1. The Morgan fingerprint density at radius 2 is 2.00 bits per heavy atom. The highest BCUT2D eigenvalue weighted by atomic mass is 16.5. The molecule has 1 aliphatic rings. The van der Waals surface area contributed by atoms with Crippen molar-refractivity contribution < 1.29 is 9.47 Å². The zero-order valence-electron chi connectivity index (χ0n) is 12.8. The van der Waals surface area contributed by atoms with Crippen molar-refractivity contribution in [2.24, 2.45) is 5.41 Å². The molecule has 0 bridgehead atoms. The van der Waals surface area contributed by atoms with Crippen molar-refractivity contribution in [2.75, 3.05) is 40.0 Å². The molecule has 112 valence electrons.